The number of carboxylic acid groups (broad SMARTS) is 1. The lowest BCUT2D eigenvalue weighted by Crippen LogP contribution is -2.28. The molecular formula is C20H13BrN2O3S. The van der Waals surface area contributed by atoms with E-state index in [1.807, 2.05) is 35.7 Å². The molecule has 0 aliphatic rings. The predicted molar refractivity (Wildman–Crippen MR) is 110 cm³/mol. The third-order valence-electron chi connectivity index (χ3n) is 4.30. The number of halogens is 1. The highest BCUT2D eigenvalue weighted by atomic mass is 79.9. The molecule has 0 atom stereocenters. The lowest BCUT2D eigenvalue weighted by Gasteiger charge is -2.17. The first-order valence-electron chi connectivity index (χ1n) is 8.08. The van der Waals surface area contributed by atoms with E-state index >= 15 is 0 Å². The molecule has 0 spiro atoms. The number of carboxylic acids is 1. The Hall–Kier alpha value is -2.77. The fourth-order valence-electron chi connectivity index (χ4n) is 3.17. The molecule has 7 heteroatoms. The van der Waals surface area contributed by atoms with E-state index in [2.05, 4.69) is 20.9 Å². The van der Waals surface area contributed by atoms with Crippen LogP contribution in [0.4, 0.5) is 0 Å². The van der Waals surface area contributed by atoms with Gasteiger partial charge in [0.1, 0.15) is 5.69 Å². The number of thiazole rings is 1. The third kappa shape index (κ3) is 3.20. The summed E-state index contributed by atoms with van der Waals surface area (Å²) in [5, 5.41) is 12.9. The number of rotatable bonds is 4. The van der Waals surface area contributed by atoms with E-state index in [9.17, 15) is 14.7 Å². The second kappa shape index (κ2) is 7.09. The zero-order valence-electron chi connectivity index (χ0n) is 13.9. The molecule has 5 nitrogen and oxygen atoms in total. The van der Waals surface area contributed by atoms with Gasteiger partial charge in [0.25, 0.3) is 5.56 Å². The zero-order chi connectivity index (χ0) is 19.0. The minimum atomic E-state index is -1.15. The normalized spacial score (nSPS) is 11.0. The van der Waals surface area contributed by atoms with Crippen LogP contribution in [0.3, 0.4) is 0 Å². The van der Waals surface area contributed by atoms with Crippen LogP contribution in [0.1, 0.15) is 16.2 Å². The van der Waals surface area contributed by atoms with Gasteiger partial charge in [0.2, 0.25) is 0 Å². The van der Waals surface area contributed by atoms with Crippen LogP contribution in [-0.2, 0) is 6.54 Å². The van der Waals surface area contributed by atoms with Crippen molar-refractivity contribution in [2.45, 2.75) is 6.54 Å². The lowest BCUT2D eigenvalue weighted by atomic mass is 9.96. The van der Waals surface area contributed by atoms with Crippen LogP contribution < -0.4 is 5.56 Å². The van der Waals surface area contributed by atoms with Crippen molar-refractivity contribution in [3.8, 4) is 11.1 Å². The molecule has 0 saturated heterocycles. The molecule has 0 radical (unpaired) electrons. The number of aromatic carboxylic acids is 1. The Morgan fingerprint density at radius 2 is 1.93 bits per heavy atom. The van der Waals surface area contributed by atoms with E-state index in [-0.39, 0.29) is 17.8 Å². The van der Waals surface area contributed by atoms with Gasteiger partial charge in [-0.25, -0.2) is 9.78 Å². The number of carbonyl (C=O) groups is 1. The fourth-order valence-corrected chi connectivity index (χ4v) is 4.08. The van der Waals surface area contributed by atoms with Crippen LogP contribution in [0.25, 0.3) is 21.9 Å². The van der Waals surface area contributed by atoms with Gasteiger partial charge in [-0.2, -0.15) is 0 Å². The Bertz CT molecular complexity index is 1200. The van der Waals surface area contributed by atoms with E-state index < -0.39 is 5.97 Å². The largest absolute Gasteiger partial charge is 0.477 e. The summed E-state index contributed by atoms with van der Waals surface area (Å²) in [6, 6.07) is 14.6. The highest BCUT2D eigenvalue weighted by Crippen LogP contribution is 2.32. The summed E-state index contributed by atoms with van der Waals surface area (Å²) in [5.41, 5.74) is 3.20. The minimum absolute atomic E-state index is 0.0372. The smallest absolute Gasteiger partial charge is 0.353 e. The van der Waals surface area contributed by atoms with Crippen molar-refractivity contribution in [3.05, 3.63) is 85.6 Å². The number of aromatic nitrogens is 2. The molecule has 2 heterocycles. The van der Waals surface area contributed by atoms with Crippen molar-refractivity contribution < 1.29 is 9.90 Å². The predicted octanol–water partition coefficient (Wildman–Crippen LogP) is 4.63. The summed E-state index contributed by atoms with van der Waals surface area (Å²) in [7, 11) is 0. The molecule has 2 aromatic heterocycles. The van der Waals surface area contributed by atoms with Crippen LogP contribution in [0.5, 0.6) is 0 Å². The van der Waals surface area contributed by atoms with Crippen molar-refractivity contribution in [1.29, 1.82) is 0 Å². The molecule has 4 aromatic rings. The lowest BCUT2D eigenvalue weighted by molar-refractivity contribution is 0.0685. The summed E-state index contributed by atoms with van der Waals surface area (Å²) in [6.07, 6.45) is 0. The summed E-state index contributed by atoms with van der Waals surface area (Å²) < 4.78 is 2.08. The standard InChI is InChI=1S/C20H13BrN2O3S/c21-13-6-7-15-16(8-13)17(12-4-2-1-3-5-12)18(20(25)26)23(19(15)24)9-14-10-27-11-22-14/h1-8,10-11H,9H2,(H,25,26). The maximum atomic E-state index is 13.1. The topological polar surface area (TPSA) is 72.2 Å². The van der Waals surface area contributed by atoms with Gasteiger partial charge < -0.3 is 5.11 Å². The molecule has 27 heavy (non-hydrogen) atoms. The molecule has 2 aromatic carbocycles. The van der Waals surface area contributed by atoms with Crippen LogP contribution in [0.15, 0.2) is 68.7 Å². The molecule has 134 valence electrons. The van der Waals surface area contributed by atoms with Crippen LogP contribution in [0, 0.1) is 0 Å². The number of pyridine rings is 1. The number of fused-ring (bicyclic) bond motifs is 1. The second-order valence-electron chi connectivity index (χ2n) is 5.96. The second-order valence-corrected chi connectivity index (χ2v) is 7.59. The van der Waals surface area contributed by atoms with Crippen molar-refractivity contribution in [2.24, 2.45) is 0 Å². The van der Waals surface area contributed by atoms with Gasteiger partial charge >= 0.3 is 5.97 Å². The molecule has 0 bridgehead atoms. The van der Waals surface area contributed by atoms with Crippen molar-refractivity contribution in [1.82, 2.24) is 9.55 Å². The first-order valence-corrected chi connectivity index (χ1v) is 9.81. The van der Waals surface area contributed by atoms with Gasteiger partial charge in [-0.15, -0.1) is 11.3 Å². The van der Waals surface area contributed by atoms with Crippen molar-refractivity contribution in [2.75, 3.05) is 0 Å². The van der Waals surface area contributed by atoms with E-state index in [0.29, 0.717) is 22.0 Å². The van der Waals surface area contributed by atoms with Gasteiger partial charge in [-0.3, -0.25) is 9.36 Å². The van der Waals surface area contributed by atoms with Crippen LogP contribution >= 0.6 is 27.3 Å². The monoisotopic (exact) mass is 440 g/mol. The number of hydrogen-bond acceptors (Lipinski definition) is 4. The SMILES string of the molecule is O=C(O)c1c(-c2ccccc2)c2cc(Br)ccc2c(=O)n1Cc1cscn1. The Balaban J connectivity index is 2.16. The maximum absolute atomic E-state index is 13.1. The van der Waals surface area contributed by atoms with E-state index in [1.54, 1.807) is 23.7 Å². The van der Waals surface area contributed by atoms with Gasteiger partial charge in [-0.05, 0) is 29.1 Å². The highest BCUT2D eigenvalue weighted by Gasteiger charge is 2.23. The average molecular weight is 441 g/mol. The molecule has 0 aliphatic carbocycles. The van der Waals surface area contributed by atoms with E-state index in [1.165, 1.54) is 15.9 Å². The number of benzene rings is 2. The first-order chi connectivity index (χ1) is 13.1. The van der Waals surface area contributed by atoms with Gasteiger partial charge in [0, 0.05) is 20.8 Å². The maximum Gasteiger partial charge on any atom is 0.353 e. The van der Waals surface area contributed by atoms with Crippen molar-refractivity contribution >= 4 is 44.0 Å². The highest BCUT2D eigenvalue weighted by molar-refractivity contribution is 9.10. The Labute approximate surface area is 166 Å². The number of hydrogen-bond donors (Lipinski definition) is 1. The quantitative estimate of drug-likeness (QED) is 0.501. The summed E-state index contributed by atoms with van der Waals surface area (Å²) >= 11 is 4.83. The molecule has 0 amide bonds. The van der Waals surface area contributed by atoms with Gasteiger partial charge in [0.05, 0.1) is 17.7 Å². The Morgan fingerprint density at radius 3 is 2.59 bits per heavy atom. The van der Waals surface area contributed by atoms with E-state index in [4.69, 9.17) is 0 Å². The molecule has 4 rings (SSSR count). The molecule has 0 aliphatic heterocycles. The summed E-state index contributed by atoms with van der Waals surface area (Å²) in [5.74, 6) is -1.15. The van der Waals surface area contributed by atoms with Gasteiger partial charge in [-0.1, -0.05) is 46.3 Å². The minimum Gasteiger partial charge on any atom is -0.477 e. The number of nitrogens with zero attached hydrogens (tertiary/aromatic N) is 2. The molecular weight excluding hydrogens is 428 g/mol. The third-order valence-corrected chi connectivity index (χ3v) is 5.43. The van der Waals surface area contributed by atoms with Crippen LogP contribution in [-0.4, -0.2) is 20.6 Å². The Kier molecular flexibility index (Phi) is 4.63. The molecule has 0 unspecified atom stereocenters. The van der Waals surface area contributed by atoms with Crippen LogP contribution in [0.2, 0.25) is 0 Å². The molecule has 1 N–H and O–H groups in total. The Morgan fingerprint density at radius 1 is 1.15 bits per heavy atom. The fraction of sp³-hybridized carbons (Fsp3) is 0.0500. The van der Waals surface area contributed by atoms with Crippen molar-refractivity contribution in [3.63, 3.8) is 0 Å². The first kappa shape index (κ1) is 17.6. The molecule has 0 fully saturated rings. The summed E-state index contributed by atoms with van der Waals surface area (Å²) in [6.45, 7) is 0.107. The van der Waals surface area contributed by atoms with E-state index in [0.717, 1.165) is 10.0 Å². The average Bonchev–Trinajstić information content (AvgIpc) is 3.17. The molecule has 0 saturated carbocycles. The summed E-state index contributed by atoms with van der Waals surface area (Å²) in [4.78, 5) is 29.6. The zero-order valence-corrected chi connectivity index (χ0v) is 16.3. The van der Waals surface area contributed by atoms with Gasteiger partial charge in [0.15, 0.2) is 0 Å².